The molecule has 2 aliphatic rings. The topological polar surface area (TPSA) is 48.5 Å². The zero-order chi connectivity index (χ0) is 16.6. The maximum atomic E-state index is 12.2. The molecule has 1 aromatic heterocycles. The van der Waals surface area contributed by atoms with Crippen LogP contribution in [0.15, 0.2) is 24.5 Å². The minimum Gasteiger partial charge on any atom is -0.343 e. The molecule has 0 spiro atoms. The van der Waals surface area contributed by atoms with E-state index in [2.05, 4.69) is 26.2 Å². The second-order valence-electron chi connectivity index (χ2n) is 7.02. The Hall–Kier alpha value is -1.46. The monoisotopic (exact) mass is 330 g/mol. The van der Waals surface area contributed by atoms with Gasteiger partial charge < -0.3 is 5.32 Å². The number of nitrogens with zero attached hydrogens (tertiary/aromatic N) is 3. The van der Waals surface area contributed by atoms with Gasteiger partial charge >= 0.3 is 0 Å². The minimum absolute atomic E-state index is 0.177. The van der Waals surface area contributed by atoms with E-state index >= 15 is 0 Å². The predicted octanol–water partition coefficient (Wildman–Crippen LogP) is 2.56. The van der Waals surface area contributed by atoms with Crippen LogP contribution in [0.2, 0.25) is 0 Å². The average Bonchev–Trinajstić information content (AvgIpc) is 2.66. The molecule has 1 atom stereocenters. The van der Waals surface area contributed by atoms with Crippen molar-refractivity contribution >= 4 is 5.91 Å². The van der Waals surface area contributed by atoms with E-state index in [1.165, 1.54) is 44.1 Å². The lowest BCUT2D eigenvalue weighted by Gasteiger charge is -2.35. The molecule has 5 heteroatoms. The van der Waals surface area contributed by atoms with Crippen LogP contribution < -0.4 is 5.32 Å². The highest BCUT2D eigenvalue weighted by atomic mass is 16.1. The molecule has 132 valence electrons. The Labute approximate surface area is 145 Å². The van der Waals surface area contributed by atoms with Crippen LogP contribution in [0.4, 0.5) is 0 Å². The van der Waals surface area contributed by atoms with E-state index in [1.807, 2.05) is 18.5 Å². The second kappa shape index (κ2) is 9.14. The molecule has 0 radical (unpaired) electrons. The standard InChI is InChI=1S/C19H30N4O/c24-19(21-16-22-11-3-1-4-12-22)9-14-23-13-5-2-8-18(23)17-7-6-10-20-15-17/h6-7,10,15,18H,1-5,8-9,11-14,16H2,(H,21,24)/t18-/m0/s1. The first-order chi connectivity index (χ1) is 11.8. The maximum Gasteiger partial charge on any atom is 0.222 e. The summed E-state index contributed by atoms with van der Waals surface area (Å²) in [6.07, 6.45) is 11.9. The molecule has 0 aliphatic carbocycles. The van der Waals surface area contributed by atoms with E-state index in [0.717, 1.165) is 26.2 Å². The van der Waals surface area contributed by atoms with Gasteiger partial charge in [-0.15, -0.1) is 0 Å². The van der Waals surface area contributed by atoms with Crippen molar-refractivity contribution < 1.29 is 4.79 Å². The first-order valence-electron chi connectivity index (χ1n) is 9.46. The molecule has 3 rings (SSSR count). The zero-order valence-corrected chi connectivity index (χ0v) is 14.6. The maximum absolute atomic E-state index is 12.2. The van der Waals surface area contributed by atoms with Gasteiger partial charge in [-0.3, -0.25) is 19.6 Å². The lowest BCUT2D eigenvalue weighted by molar-refractivity contribution is -0.122. The Balaban J connectivity index is 1.44. The van der Waals surface area contributed by atoms with Crippen molar-refractivity contribution in [2.24, 2.45) is 0 Å². The van der Waals surface area contributed by atoms with Crippen molar-refractivity contribution in [3.05, 3.63) is 30.1 Å². The van der Waals surface area contributed by atoms with E-state index in [4.69, 9.17) is 0 Å². The fourth-order valence-electron chi connectivity index (χ4n) is 3.86. The van der Waals surface area contributed by atoms with Gasteiger partial charge in [-0.05, 0) is 56.9 Å². The Kier molecular flexibility index (Phi) is 6.61. The van der Waals surface area contributed by atoms with E-state index in [1.54, 1.807) is 0 Å². The number of hydrogen-bond donors (Lipinski definition) is 1. The number of carbonyl (C=O) groups excluding carboxylic acids is 1. The van der Waals surface area contributed by atoms with Crippen LogP contribution in [0.3, 0.4) is 0 Å². The number of piperidine rings is 2. The van der Waals surface area contributed by atoms with Crippen LogP contribution in [-0.2, 0) is 4.79 Å². The first kappa shape index (κ1) is 17.4. The summed E-state index contributed by atoms with van der Waals surface area (Å²) >= 11 is 0. The molecule has 2 fully saturated rings. The summed E-state index contributed by atoms with van der Waals surface area (Å²) in [5.74, 6) is 0.177. The number of aromatic nitrogens is 1. The Morgan fingerprint density at radius 2 is 2.00 bits per heavy atom. The van der Waals surface area contributed by atoms with E-state index < -0.39 is 0 Å². The molecule has 3 heterocycles. The van der Waals surface area contributed by atoms with Crippen LogP contribution in [0.25, 0.3) is 0 Å². The minimum atomic E-state index is 0.177. The normalized spacial score (nSPS) is 23.1. The van der Waals surface area contributed by atoms with Crippen molar-refractivity contribution in [1.29, 1.82) is 0 Å². The van der Waals surface area contributed by atoms with E-state index in [9.17, 15) is 4.79 Å². The molecule has 2 saturated heterocycles. The van der Waals surface area contributed by atoms with Crippen LogP contribution in [0.5, 0.6) is 0 Å². The molecular weight excluding hydrogens is 300 g/mol. The van der Waals surface area contributed by atoms with E-state index in [0.29, 0.717) is 19.1 Å². The SMILES string of the molecule is O=C(CCN1CCCC[C@H]1c1cccnc1)NCN1CCCCC1. The van der Waals surface area contributed by atoms with Gasteiger partial charge in [0.15, 0.2) is 0 Å². The molecule has 0 saturated carbocycles. The van der Waals surface area contributed by atoms with Crippen LogP contribution in [0.1, 0.15) is 56.6 Å². The number of nitrogens with one attached hydrogen (secondary N) is 1. The third kappa shape index (κ3) is 5.02. The number of likely N-dealkylation sites (tertiary alicyclic amines) is 2. The molecule has 0 bridgehead atoms. The molecule has 0 aromatic carbocycles. The largest absolute Gasteiger partial charge is 0.343 e. The van der Waals surface area contributed by atoms with Gasteiger partial charge in [-0.1, -0.05) is 18.9 Å². The number of carbonyl (C=O) groups is 1. The lowest BCUT2D eigenvalue weighted by atomic mass is 9.96. The van der Waals surface area contributed by atoms with Gasteiger partial charge in [-0.25, -0.2) is 0 Å². The summed E-state index contributed by atoms with van der Waals surface area (Å²) < 4.78 is 0. The average molecular weight is 330 g/mol. The Morgan fingerprint density at radius 1 is 1.17 bits per heavy atom. The first-order valence-corrected chi connectivity index (χ1v) is 9.46. The quantitative estimate of drug-likeness (QED) is 0.871. The number of amides is 1. The highest BCUT2D eigenvalue weighted by molar-refractivity contribution is 5.75. The van der Waals surface area contributed by atoms with Crippen molar-refractivity contribution in [3.8, 4) is 0 Å². The molecule has 1 N–H and O–H groups in total. The molecule has 5 nitrogen and oxygen atoms in total. The summed E-state index contributed by atoms with van der Waals surface area (Å²) in [5.41, 5.74) is 1.28. The van der Waals surface area contributed by atoms with Crippen LogP contribution >= 0.6 is 0 Å². The zero-order valence-electron chi connectivity index (χ0n) is 14.6. The Bertz CT molecular complexity index is 501. The summed E-state index contributed by atoms with van der Waals surface area (Å²) in [6.45, 7) is 4.88. The number of pyridine rings is 1. The fraction of sp³-hybridized carbons (Fsp3) is 0.684. The second-order valence-corrected chi connectivity index (χ2v) is 7.02. The Morgan fingerprint density at radius 3 is 2.79 bits per heavy atom. The van der Waals surface area contributed by atoms with Gasteiger partial charge in [0, 0.05) is 31.4 Å². The van der Waals surface area contributed by atoms with Crippen molar-refractivity contribution in [2.45, 2.75) is 51.0 Å². The van der Waals surface area contributed by atoms with Gasteiger partial charge in [0.25, 0.3) is 0 Å². The molecule has 1 aromatic rings. The molecular formula is C19H30N4O. The van der Waals surface area contributed by atoms with Gasteiger partial charge in [0.1, 0.15) is 0 Å². The lowest BCUT2D eigenvalue weighted by Crippen LogP contribution is -2.42. The van der Waals surface area contributed by atoms with Crippen molar-refractivity contribution in [2.75, 3.05) is 32.8 Å². The summed E-state index contributed by atoms with van der Waals surface area (Å²) in [5, 5.41) is 3.09. The fourth-order valence-corrected chi connectivity index (χ4v) is 3.86. The molecule has 24 heavy (non-hydrogen) atoms. The van der Waals surface area contributed by atoms with E-state index in [-0.39, 0.29) is 5.91 Å². The van der Waals surface area contributed by atoms with Gasteiger partial charge in [0.2, 0.25) is 5.91 Å². The van der Waals surface area contributed by atoms with Gasteiger partial charge in [0.05, 0.1) is 6.67 Å². The highest BCUT2D eigenvalue weighted by Crippen LogP contribution is 2.30. The third-order valence-corrected chi connectivity index (χ3v) is 5.26. The summed E-state index contributed by atoms with van der Waals surface area (Å²) in [6, 6.07) is 4.59. The third-order valence-electron chi connectivity index (χ3n) is 5.26. The van der Waals surface area contributed by atoms with Gasteiger partial charge in [-0.2, -0.15) is 0 Å². The predicted molar refractivity (Wildman–Crippen MR) is 95.5 cm³/mol. The van der Waals surface area contributed by atoms with Crippen molar-refractivity contribution in [3.63, 3.8) is 0 Å². The highest BCUT2D eigenvalue weighted by Gasteiger charge is 2.24. The summed E-state index contributed by atoms with van der Waals surface area (Å²) in [7, 11) is 0. The number of hydrogen-bond acceptors (Lipinski definition) is 4. The number of rotatable bonds is 6. The molecule has 2 aliphatic heterocycles. The van der Waals surface area contributed by atoms with Crippen molar-refractivity contribution in [1.82, 2.24) is 20.1 Å². The van der Waals surface area contributed by atoms with Crippen LogP contribution in [0, 0.1) is 0 Å². The summed E-state index contributed by atoms with van der Waals surface area (Å²) in [4.78, 5) is 21.3. The molecule has 1 amide bonds. The smallest absolute Gasteiger partial charge is 0.222 e. The van der Waals surface area contributed by atoms with Crippen LogP contribution in [-0.4, -0.2) is 53.5 Å². The molecule has 0 unspecified atom stereocenters.